The molecule has 0 aromatic rings. The average Bonchev–Trinajstić information content (AvgIpc) is 2.37. The van der Waals surface area contributed by atoms with Gasteiger partial charge in [0.25, 0.3) is 0 Å². The summed E-state index contributed by atoms with van der Waals surface area (Å²) in [5.74, 6) is 0.786. The van der Waals surface area contributed by atoms with Gasteiger partial charge in [-0.3, -0.25) is 14.6 Å². The first-order valence-corrected chi connectivity index (χ1v) is 7.46. The van der Waals surface area contributed by atoms with Gasteiger partial charge < -0.3 is 10.6 Å². The number of carbonyl (C=O) groups is 1. The number of rotatable bonds is 8. The fourth-order valence-corrected chi connectivity index (χ4v) is 2.13. The van der Waals surface area contributed by atoms with Crippen molar-refractivity contribution >= 4 is 5.91 Å². The Kier molecular flexibility index (Phi) is 8.02. The van der Waals surface area contributed by atoms with Crippen molar-refractivity contribution in [1.82, 2.24) is 20.4 Å². The van der Waals surface area contributed by atoms with Crippen LogP contribution in [0, 0.1) is 5.92 Å². The summed E-state index contributed by atoms with van der Waals surface area (Å²) in [5.41, 5.74) is 0. The second kappa shape index (κ2) is 9.28. The average molecular weight is 270 g/mol. The van der Waals surface area contributed by atoms with Crippen LogP contribution in [0.15, 0.2) is 0 Å². The number of likely N-dealkylation sites (N-methyl/N-ethyl adjacent to an activating group) is 1. The molecule has 0 unspecified atom stereocenters. The predicted molar refractivity (Wildman–Crippen MR) is 79.3 cm³/mol. The molecular formula is C14H30N4O. The van der Waals surface area contributed by atoms with Gasteiger partial charge in [-0.15, -0.1) is 0 Å². The van der Waals surface area contributed by atoms with Crippen LogP contribution in [-0.2, 0) is 4.79 Å². The first-order valence-electron chi connectivity index (χ1n) is 7.46. The Morgan fingerprint density at radius 2 is 2.05 bits per heavy atom. The highest BCUT2D eigenvalue weighted by atomic mass is 16.2. The molecule has 112 valence electrons. The van der Waals surface area contributed by atoms with Gasteiger partial charge in [0, 0.05) is 45.8 Å². The van der Waals surface area contributed by atoms with Gasteiger partial charge in [-0.1, -0.05) is 13.8 Å². The normalized spacial score (nSPS) is 17.1. The molecule has 5 nitrogen and oxygen atoms in total. The minimum Gasteiger partial charge on any atom is -0.355 e. The lowest BCUT2D eigenvalue weighted by molar-refractivity contribution is -0.122. The number of hydrogen-bond acceptors (Lipinski definition) is 4. The molecule has 0 atom stereocenters. The van der Waals surface area contributed by atoms with Gasteiger partial charge in [0.1, 0.15) is 0 Å². The summed E-state index contributed by atoms with van der Waals surface area (Å²) in [6, 6.07) is 0. The van der Waals surface area contributed by atoms with Crippen molar-refractivity contribution in [2.75, 3.05) is 59.4 Å². The van der Waals surface area contributed by atoms with Gasteiger partial charge in [-0.2, -0.15) is 0 Å². The molecule has 0 spiro atoms. The van der Waals surface area contributed by atoms with Gasteiger partial charge in [0.2, 0.25) is 5.91 Å². The van der Waals surface area contributed by atoms with E-state index in [2.05, 4.69) is 34.3 Å². The SMILES string of the molecule is CC(C)CCNC(=O)CN(C)CCN1CCNCC1. The van der Waals surface area contributed by atoms with E-state index >= 15 is 0 Å². The van der Waals surface area contributed by atoms with Gasteiger partial charge in [0.05, 0.1) is 6.54 Å². The molecule has 5 heteroatoms. The highest BCUT2D eigenvalue weighted by Crippen LogP contribution is 1.96. The number of amides is 1. The second-order valence-corrected chi connectivity index (χ2v) is 5.86. The van der Waals surface area contributed by atoms with E-state index < -0.39 is 0 Å². The zero-order chi connectivity index (χ0) is 14.1. The third-order valence-corrected chi connectivity index (χ3v) is 3.46. The van der Waals surface area contributed by atoms with E-state index in [4.69, 9.17) is 0 Å². The van der Waals surface area contributed by atoms with E-state index in [1.54, 1.807) is 0 Å². The highest BCUT2D eigenvalue weighted by Gasteiger charge is 2.11. The van der Waals surface area contributed by atoms with Crippen molar-refractivity contribution in [3.8, 4) is 0 Å². The third kappa shape index (κ3) is 8.18. The highest BCUT2D eigenvalue weighted by molar-refractivity contribution is 5.77. The van der Waals surface area contributed by atoms with Crippen molar-refractivity contribution in [1.29, 1.82) is 0 Å². The molecule has 0 bridgehead atoms. The van der Waals surface area contributed by atoms with E-state index in [0.29, 0.717) is 12.5 Å². The summed E-state index contributed by atoms with van der Waals surface area (Å²) in [5, 5.41) is 6.33. The van der Waals surface area contributed by atoms with Crippen molar-refractivity contribution in [3.05, 3.63) is 0 Å². The Labute approximate surface area is 117 Å². The first-order chi connectivity index (χ1) is 9.08. The third-order valence-electron chi connectivity index (χ3n) is 3.46. The van der Waals surface area contributed by atoms with Crippen molar-refractivity contribution in [2.45, 2.75) is 20.3 Å². The topological polar surface area (TPSA) is 47.6 Å². The predicted octanol–water partition coefficient (Wildman–Crippen LogP) is -0.0143. The van der Waals surface area contributed by atoms with Gasteiger partial charge in [0.15, 0.2) is 0 Å². The Hall–Kier alpha value is -0.650. The Morgan fingerprint density at radius 1 is 1.37 bits per heavy atom. The number of carbonyl (C=O) groups excluding carboxylic acids is 1. The molecule has 1 saturated heterocycles. The minimum absolute atomic E-state index is 0.142. The lowest BCUT2D eigenvalue weighted by Crippen LogP contribution is -2.46. The maximum absolute atomic E-state index is 11.7. The smallest absolute Gasteiger partial charge is 0.234 e. The Morgan fingerprint density at radius 3 is 2.68 bits per heavy atom. The lowest BCUT2D eigenvalue weighted by atomic mass is 10.1. The maximum atomic E-state index is 11.7. The molecule has 1 aliphatic heterocycles. The largest absolute Gasteiger partial charge is 0.355 e. The van der Waals surface area contributed by atoms with E-state index in [0.717, 1.165) is 52.2 Å². The Bertz CT molecular complexity index is 252. The summed E-state index contributed by atoms with van der Waals surface area (Å²) in [4.78, 5) is 16.3. The van der Waals surface area contributed by atoms with Crippen LogP contribution in [-0.4, -0.2) is 75.1 Å². The van der Waals surface area contributed by atoms with E-state index in [1.807, 2.05) is 7.05 Å². The Balaban J connectivity index is 2.05. The molecule has 0 aromatic carbocycles. The molecule has 0 aliphatic carbocycles. The van der Waals surface area contributed by atoms with Crippen LogP contribution < -0.4 is 10.6 Å². The summed E-state index contributed by atoms with van der Waals surface area (Å²) in [6.45, 7) is 12.1. The van der Waals surface area contributed by atoms with E-state index in [1.165, 1.54) is 0 Å². The molecule has 19 heavy (non-hydrogen) atoms. The molecule has 1 fully saturated rings. The lowest BCUT2D eigenvalue weighted by Gasteiger charge is -2.28. The molecule has 1 heterocycles. The zero-order valence-corrected chi connectivity index (χ0v) is 12.7. The second-order valence-electron chi connectivity index (χ2n) is 5.86. The van der Waals surface area contributed by atoms with Crippen LogP contribution in [0.5, 0.6) is 0 Å². The molecular weight excluding hydrogens is 240 g/mol. The van der Waals surface area contributed by atoms with E-state index in [9.17, 15) is 4.79 Å². The number of nitrogens with one attached hydrogen (secondary N) is 2. The summed E-state index contributed by atoms with van der Waals surface area (Å²) < 4.78 is 0. The maximum Gasteiger partial charge on any atom is 0.234 e. The summed E-state index contributed by atoms with van der Waals surface area (Å²) in [6.07, 6.45) is 1.05. The fourth-order valence-electron chi connectivity index (χ4n) is 2.13. The first kappa shape index (κ1) is 16.4. The summed E-state index contributed by atoms with van der Waals surface area (Å²) >= 11 is 0. The monoisotopic (exact) mass is 270 g/mol. The van der Waals surface area contributed by atoms with E-state index in [-0.39, 0.29) is 5.91 Å². The van der Waals surface area contributed by atoms with Gasteiger partial charge >= 0.3 is 0 Å². The number of hydrogen-bond donors (Lipinski definition) is 2. The van der Waals surface area contributed by atoms with Crippen LogP contribution >= 0.6 is 0 Å². The van der Waals surface area contributed by atoms with Gasteiger partial charge in [-0.25, -0.2) is 0 Å². The molecule has 1 aliphatic rings. The summed E-state index contributed by atoms with van der Waals surface area (Å²) in [7, 11) is 2.02. The standard InChI is InChI=1S/C14H30N4O/c1-13(2)4-5-16-14(19)12-17(3)10-11-18-8-6-15-7-9-18/h13,15H,4-12H2,1-3H3,(H,16,19). The number of nitrogens with zero attached hydrogens (tertiary/aromatic N) is 2. The fraction of sp³-hybridized carbons (Fsp3) is 0.929. The quantitative estimate of drug-likeness (QED) is 0.651. The van der Waals surface area contributed by atoms with Crippen LogP contribution in [0.1, 0.15) is 20.3 Å². The molecule has 2 N–H and O–H groups in total. The molecule has 0 saturated carbocycles. The molecule has 0 radical (unpaired) electrons. The minimum atomic E-state index is 0.142. The zero-order valence-electron chi connectivity index (χ0n) is 12.7. The number of piperazine rings is 1. The molecule has 0 aromatic heterocycles. The molecule has 1 rings (SSSR count). The van der Waals surface area contributed by atoms with Crippen molar-refractivity contribution in [2.24, 2.45) is 5.92 Å². The van der Waals surface area contributed by atoms with Gasteiger partial charge in [-0.05, 0) is 19.4 Å². The van der Waals surface area contributed by atoms with Crippen molar-refractivity contribution < 1.29 is 4.79 Å². The van der Waals surface area contributed by atoms with Crippen LogP contribution in [0.2, 0.25) is 0 Å². The van der Waals surface area contributed by atoms with Crippen LogP contribution in [0.4, 0.5) is 0 Å². The van der Waals surface area contributed by atoms with Crippen LogP contribution in [0.25, 0.3) is 0 Å². The molecule has 1 amide bonds. The van der Waals surface area contributed by atoms with Crippen molar-refractivity contribution in [3.63, 3.8) is 0 Å². The van der Waals surface area contributed by atoms with Crippen LogP contribution in [0.3, 0.4) is 0 Å².